The summed E-state index contributed by atoms with van der Waals surface area (Å²) in [4.78, 5) is 23.2. The Kier molecular flexibility index (Phi) is 3.36. The predicted octanol–water partition coefficient (Wildman–Crippen LogP) is -0.429. The van der Waals surface area contributed by atoms with Crippen LogP contribution in [0.15, 0.2) is 18.2 Å². The molecule has 0 spiro atoms. The topological polar surface area (TPSA) is 150 Å². The van der Waals surface area contributed by atoms with Gasteiger partial charge in [0.25, 0.3) is 5.69 Å². The molecule has 0 radical (unpaired) electrons. The molecule has 0 saturated carbocycles. The number of carbonyl (C=O) groups is 1. The first-order valence-electron chi connectivity index (χ1n) is 5.56. The molecule has 1 aromatic rings. The summed E-state index contributed by atoms with van der Waals surface area (Å²) >= 11 is 0. The van der Waals surface area contributed by atoms with E-state index in [-0.39, 0.29) is 30.0 Å². The summed E-state index contributed by atoms with van der Waals surface area (Å²) in [5.41, 5.74) is 5.31. The Morgan fingerprint density at radius 1 is 1.40 bits per heavy atom. The minimum atomic E-state index is -3.87. The average molecular weight is 300 g/mol. The van der Waals surface area contributed by atoms with Crippen molar-refractivity contribution >= 4 is 33.0 Å². The number of anilines is 2. The molecule has 1 unspecified atom stereocenters. The molecule has 0 aromatic heterocycles. The van der Waals surface area contributed by atoms with Gasteiger partial charge in [-0.3, -0.25) is 14.9 Å². The summed E-state index contributed by atoms with van der Waals surface area (Å²) in [5.74, 6) is -0.531. The molecule has 9 nitrogen and oxygen atoms in total. The van der Waals surface area contributed by atoms with Crippen LogP contribution in [-0.2, 0) is 14.8 Å². The van der Waals surface area contributed by atoms with Crippen molar-refractivity contribution in [3.63, 3.8) is 0 Å². The number of carbonyl (C=O) groups excluding carboxylic acids is 1. The van der Waals surface area contributed by atoms with Crippen LogP contribution in [0.3, 0.4) is 0 Å². The molecule has 1 saturated heterocycles. The number of nitro groups is 1. The van der Waals surface area contributed by atoms with Crippen LogP contribution >= 0.6 is 0 Å². The summed E-state index contributed by atoms with van der Waals surface area (Å²) in [6, 6.07) is 3.84. The van der Waals surface area contributed by atoms with E-state index in [0.29, 0.717) is 0 Å². The smallest absolute Gasteiger partial charge is 0.295 e. The number of amides is 1. The summed E-state index contributed by atoms with van der Waals surface area (Å²) in [6.45, 7) is -0.206. The third kappa shape index (κ3) is 2.56. The van der Waals surface area contributed by atoms with Gasteiger partial charge in [0.15, 0.2) is 0 Å². The molecule has 1 amide bonds. The van der Waals surface area contributed by atoms with Crippen molar-refractivity contribution in [1.29, 1.82) is 0 Å². The quantitative estimate of drug-likeness (QED) is 0.439. The minimum absolute atomic E-state index is 0.0142. The van der Waals surface area contributed by atoms with Gasteiger partial charge < -0.3 is 10.6 Å². The third-order valence-electron chi connectivity index (χ3n) is 3.04. The molecule has 1 aliphatic heterocycles. The maximum Gasteiger partial charge on any atom is 0.295 e. The number of rotatable bonds is 3. The first kappa shape index (κ1) is 14.2. The Morgan fingerprint density at radius 3 is 2.55 bits per heavy atom. The number of sulfonamides is 1. The van der Waals surface area contributed by atoms with Gasteiger partial charge in [-0.25, -0.2) is 13.6 Å². The highest BCUT2D eigenvalue weighted by atomic mass is 32.2. The second-order valence-electron chi connectivity index (χ2n) is 4.42. The molecule has 0 aliphatic carbocycles. The van der Waals surface area contributed by atoms with Gasteiger partial charge in [-0.1, -0.05) is 0 Å². The van der Waals surface area contributed by atoms with E-state index in [1.807, 2.05) is 0 Å². The van der Waals surface area contributed by atoms with Crippen LogP contribution in [-0.4, -0.2) is 31.0 Å². The van der Waals surface area contributed by atoms with E-state index in [1.54, 1.807) is 0 Å². The molecule has 1 atom stereocenters. The zero-order chi connectivity index (χ0) is 15.1. The lowest BCUT2D eigenvalue weighted by atomic mass is 10.2. The number of hydrogen-bond acceptors (Lipinski definition) is 6. The van der Waals surface area contributed by atoms with Crippen molar-refractivity contribution in [3.05, 3.63) is 28.3 Å². The van der Waals surface area contributed by atoms with E-state index in [4.69, 9.17) is 10.9 Å². The number of nitrogen functional groups attached to an aromatic ring is 1. The molecule has 4 N–H and O–H groups in total. The number of nitrogens with zero attached hydrogens (tertiary/aromatic N) is 2. The average Bonchev–Trinajstić information content (AvgIpc) is 2.71. The molecule has 108 valence electrons. The molecule has 1 heterocycles. The van der Waals surface area contributed by atoms with Gasteiger partial charge in [0.2, 0.25) is 15.9 Å². The zero-order valence-electron chi connectivity index (χ0n) is 10.2. The molecular weight excluding hydrogens is 288 g/mol. The second-order valence-corrected chi connectivity index (χ2v) is 6.27. The van der Waals surface area contributed by atoms with Crippen molar-refractivity contribution in [2.24, 2.45) is 5.14 Å². The number of primary sulfonamides is 1. The minimum Gasteiger partial charge on any atom is -0.399 e. The second kappa shape index (κ2) is 4.72. The first-order valence-corrected chi connectivity index (χ1v) is 7.17. The Labute approximate surface area is 114 Å². The normalized spacial score (nSPS) is 19.4. The van der Waals surface area contributed by atoms with E-state index in [1.165, 1.54) is 12.1 Å². The van der Waals surface area contributed by atoms with Crippen molar-refractivity contribution in [2.75, 3.05) is 17.2 Å². The lowest BCUT2D eigenvalue weighted by molar-refractivity contribution is -0.384. The van der Waals surface area contributed by atoms with E-state index in [0.717, 1.165) is 11.0 Å². The Morgan fingerprint density at radius 2 is 2.05 bits per heavy atom. The van der Waals surface area contributed by atoms with Gasteiger partial charge in [-0.05, 0) is 12.1 Å². The summed E-state index contributed by atoms with van der Waals surface area (Å²) in [7, 11) is -3.87. The molecule has 0 bridgehead atoms. The van der Waals surface area contributed by atoms with Crippen molar-refractivity contribution in [1.82, 2.24) is 0 Å². The molecule has 2 rings (SSSR count). The van der Waals surface area contributed by atoms with E-state index in [9.17, 15) is 23.3 Å². The predicted molar refractivity (Wildman–Crippen MR) is 71.4 cm³/mol. The fraction of sp³-hybridized carbons (Fsp3) is 0.300. The molecule has 1 aromatic carbocycles. The van der Waals surface area contributed by atoms with Crippen LogP contribution in [0.2, 0.25) is 0 Å². The van der Waals surface area contributed by atoms with E-state index >= 15 is 0 Å². The lowest BCUT2D eigenvalue weighted by Gasteiger charge is -2.16. The van der Waals surface area contributed by atoms with Crippen LogP contribution < -0.4 is 15.8 Å². The molecule has 20 heavy (non-hydrogen) atoms. The highest BCUT2D eigenvalue weighted by molar-refractivity contribution is 7.89. The summed E-state index contributed by atoms with van der Waals surface area (Å²) in [6.07, 6.45) is -0.291. The fourth-order valence-electron chi connectivity index (χ4n) is 2.04. The number of nitro benzene ring substituents is 1. The van der Waals surface area contributed by atoms with Crippen LogP contribution in [0.25, 0.3) is 0 Å². The Balaban J connectivity index is 2.43. The van der Waals surface area contributed by atoms with Gasteiger partial charge in [0.1, 0.15) is 10.9 Å². The van der Waals surface area contributed by atoms with Crippen molar-refractivity contribution in [2.45, 2.75) is 11.7 Å². The SMILES string of the molecule is Nc1ccc(N2CC(S(N)(=O)=O)CC2=O)c([N+](=O)[O-])c1. The van der Waals surface area contributed by atoms with Crippen molar-refractivity contribution in [3.8, 4) is 0 Å². The zero-order valence-corrected chi connectivity index (χ0v) is 11.0. The largest absolute Gasteiger partial charge is 0.399 e. The number of nitrogens with two attached hydrogens (primary N) is 2. The van der Waals surface area contributed by atoms with Gasteiger partial charge in [0.05, 0.1) is 4.92 Å². The summed E-state index contributed by atoms with van der Waals surface area (Å²) < 4.78 is 22.5. The van der Waals surface area contributed by atoms with E-state index in [2.05, 4.69) is 0 Å². The third-order valence-corrected chi connectivity index (χ3v) is 4.29. The van der Waals surface area contributed by atoms with Crippen molar-refractivity contribution < 1.29 is 18.1 Å². The van der Waals surface area contributed by atoms with Gasteiger partial charge in [-0.2, -0.15) is 0 Å². The molecular formula is C10H12N4O5S. The van der Waals surface area contributed by atoms with Crippen LogP contribution in [0.1, 0.15) is 6.42 Å². The molecule has 1 aliphatic rings. The highest BCUT2D eigenvalue weighted by Gasteiger charge is 2.39. The van der Waals surface area contributed by atoms with Crippen LogP contribution in [0.5, 0.6) is 0 Å². The van der Waals surface area contributed by atoms with Crippen LogP contribution in [0, 0.1) is 10.1 Å². The van der Waals surface area contributed by atoms with Gasteiger partial charge in [-0.15, -0.1) is 0 Å². The van der Waals surface area contributed by atoms with Gasteiger partial charge >= 0.3 is 0 Å². The first-order chi connectivity index (χ1) is 9.20. The van der Waals surface area contributed by atoms with Crippen LogP contribution in [0.4, 0.5) is 17.1 Å². The molecule has 1 fully saturated rings. The maximum atomic E-state index is 11.8. The van der Waals surface area contributed by atoms with E-state index < -0.39 is 26.1 Å². The number of benzene rings is 1. The monoisotopic (exact) mass is 300 g/mol. The molecule has 10 heteroatoms. The standard InChI is InChI=1S/C10H12N4O5S/c11-6-1-2-8(9(3-6)14(16)17)13-5-7(4-10(13)15)20(12,18)19/h1-3,7H,4-5,11H2,(H2,12,18,19). The lowest BCUT2D eigenvalue weighted by Crippen LogP contribution is -2.32. The summed E-state index contributed by atoms with van der Waals surface area (Å²) in [5, 5.41) is 14.9. The van der Waals surface area contributed by atoms with Gasteiger partial charge in [0, 0.05) is 24.7 Å². The number of hydrogen-bond donors (Lipinski definition) is 2. The fourth-order valence-corrected chi connectivity index (χ4v) is 2.77. The maximum absolute atomic E-state index is 11.8. The Hall–Kier alpha value is -2.20. The highest BCUT2D eigenvalue weighted by Crippen LogP contribution is 2.33. The Bertz CT molecular complexity index is 687.